The number of fused-ring (bicyclic) bond motifs is 2. The third kappa shape index (κ3) is 2.20. The van der Waals surface area contributed by atoms with Crippen molar-refractivity contribution in [1.82, 2.24) is 19.9 Å². The van der Waals surface area contributed by atoms with Crippen LogP contribution in [0.1, 0.15) is 16.1 Å². The number of benzene rings is 1. The van der Waals surface area contributed by atoms with Crippen molar-refractivity contribution >= 4 is 28.0 Å². The zero-order chi connectivity index (χ0) is 14.9. The third-order valence-corrected chi connectivity index (χ3v) is 3.46. The van der Waals surface area contributed by atoms with Crippen LogP contribution in [0.3, 0.4) is 0 Å². The number of nitrogens with one attached hydrogen (secondary N) is 2. The summed E-state index contributed by atoms with van der Waals surface area (Å²) in [4.78, 5) is 26.5. The summed E-state index contributed by atoms with van der Waals surface area (Å²) in [7, 11) is 0. The molecule has 0 radical (unpaired) electrons. The number of hydrogen-bond acceptors (Lipinski definition) is 4. The van der Waals surface area contributed by atoms with Gasteiger partial charge >= 0.3 is 5.97 Å². The Morgan fingerprint density at radius 1 is 1.18 bits per heavy atom. The summed E-state index contributed by atoms with van der Waals surface area (Å²) in [6, 6.07) is 11.0. The standard InChI is InChI=1S/C16H12N4O2/c21-16(11-3-4-13-14(7-11)19-9-18-13)22-8-12-6-10-2-1-5-17-15(10)20-12/h1-7,9H,8H2,(H,17,20)(H,18,19). The third-order valence-electron chi connectivity index (χ3n) is 3.46. The Morgan fingerprint density at radius 3 is 3.05 bits per heavy atom. The normalized spacial score (nSPS) is 11.1. The summed E-state index contributed by atoms with van der Waals surface area (Å²) in [5.74, 6) is -0.372. The van der Waals surface area contributed by atoms with Crippen molar-refractivity contribution in [2.45, 2.75) is 6.61 Å². The summed E-state index contributed by atoms with van der Waals surface area (Å²) in [6.45, 7) is 0.177. The lowest BCUT2D eigenvalue weighted by atomic mass is 10.2. The largest absolute Gasteiger partial charge is 0.456 e. The number of esters is 1. The van der Waals surface area contributed by atoms with Crippen molar-refractivity contribution in [1.29, 1.82) is 0 Å². The molecule has 0 amide bonds. The minimum atomic E-state index is -0.372. The van der Waals surface area contributed by atoms with Crippen LogP contribution in [-0.2, 0) is 11.3 Å². The molecule has 0 aliphatic rings. The number of nitrogens with zero attached hydrogens (tertiary/aromatic N) is 2. The maximum absolute atomic E-state index is 12.1. The molecule has 4 rings (SSSR count). The molecule has 0 saturated carbocycles. The van der Waals surface area contributed by atoms with E-state index >= 15 is 0 Å². The van der Waals surface area contributed by atoms with Crippen LogP contribution in [0.5, 0.6) is 0 Å². The molecule has 0 aliphatic heterocycles. The minimum absolute atomic E-state index is 0.177. The highest BCUT2D eigenvalue weighted by Crippen LogP contribution is 2.15. The van der Waals surface area contributed by atoms with Gasteiger partial charge in [-0.2, -0.15) is 0 Å². The maximum Gasteiger partial charge on any atom is 0.338 e. The van der Waals surface area contributed by atoms with E-state index in [9.17, 15) is 4.79 Å². The van der Waals surface area contributed by atoms with Crippen LogP contribution in [0.4, 0.5) is 0 Å². The van der Waals surface area contributed by atoms with E-state index in [0.717, 1.165) is 27.8 Å². The van der Waals surface area contributed by atoms with E-state index < -0.39 is 0 Å². The quantitative estimate of drug-likeness (QED) is 0.569. The van der Waals surface area contributed by atoms with Gasteiger partial charge in [0, 0.05) is 11.6 Å². The first-order valence-electron chi connectivity index (χ1n) is 6.82. The van der Waals surface area contributed by atoms with E-state index in [0.29, 0.717) is 5.56 Å². The Morgan fingerprint density at radius 2 is 2.14 bits per heavy atom. The van der Waals surface area contributed by atoms with Gasteiger partial charge in [-0.3, -0.25) is 0 Å². The summed E-state index contributed by atoms with van der Waals surface area (Å²) in [6.07, 6.45) is 3.31. The number of imidazole rings is 1. The zero-order valence-electron chi connectivity index (χ0n) is 11.5. The molecule has 0 spiro atoms. The van der Waals surface area contributed by atoms with Gasteiger partial charge in [-0.25, -0.2) is 14.8 Å². The highest BCUT2D eigenvalue weighted by Gasteiger charge is 2.10. The van der Waals surface area contributed by atoms with Crippen molar-refractivity contribution in [2.24, 2.45) is 0 Å². The summed E-state index contributed by atoms with van der Waals surface area (Å²) in [5, 5.41) is 0.993. The highest BCUT2D eigenvalue weighted by molar-refractivity contribution is 5.93. The summed E-state index contributed by atoms with van der Waals surface area (Å²) >= 11 is 0. The molecule has 1 aromatic carbocycles. The molecule has 22 heavy (non-hydrogen) atoms. The zero-order valence-corrected chi connectivity index (χ0v) is 11.5. The van der Waals surface area contributed by atoms with E-state index in [2.05, 4.69) is 19.9 Å². The lowest BCUT2D eigenvalue weighted by Crippen LogP contribution is -2.05. The molecule has 0 bridgehead atoms. The van der Waals surface area contributed by atoms with Gasteiger partial charge in [-0.05, 0) is 36.4 Å². The smallest absolute Gasteiger partial charge is 0.338 e. The van der Waals surface area contributed by atoms with Gasteiger partial charge in [0.15, 0.2) is 0 Å². The van der Waals surface area contributed by atoms with Crippen LogP contribution in [0.15, 0.2) is 48.9 Å². The maximum atomic E-state index is 12.1. The number of carbonyl (C=O) groups is 1. The van der Waals surface area contributed by atoms with E-state index in [1.54, 1.807) is 30.7 Å². The molecule has 0 unspecified atom stereocenters. The molecule has 0 saturated heterocycles. The summed E-state index contributed by atoms with van der Waals surface area (Å²) in [5.41, 5.74) is 3.71. The lowest BCUT2D eigenvalue weighted by molar-refractivity contribution is 0.0468. The highest BCUT2D eigenvalue weighted by atomic mass is 16.5. The number of aromatic nitrogens is 4. The Kier molecular flexibility index (Phi) is 2.86. The van der Waals surface area contributed by atoms with Gasteiger partial charge in [0.2, 0.25) is 0 Å². The van der Waals surface area contributed by atoms with E-state index in [-0.39, 0.29) is 12.6 Å². The number of H-pyrrole nitrogens is 2. The van der Waals surface area contributed by atoms with Gasteiger partial charge < -0.3 is 14.7 Å². The molecular formula is C16H12N4O2. The van der Waals surface area contributed by atoms with E-state index in [4.69, 9.17) is 4.74 Å². The van der Waals surface area contributed by atoms with Crippen molar-refractivity contribution in [3.63, 3.8) is 0 Å². The number of hydrogen-bond donors (Lipinski definition) is 2. The monoisotopic (exact) mass is 292 g/mol. The predicted molar refractivity (Wildman–Crippen MR) is 81.3 cm³/mol. The first-order chi connectivity index (χ1) is 10.8. The molecule has 108 valence electrons. The number of rotatable bonds is 3. The van der Waals surface area contributed by atoms with Gasteiger partial charge in [0.25, 0.3) is 0 Å². The van der Waals surface area contributed by atoms with Gasteiger partial charge in [0.1, 0.15) is 12.3 Å². The molecule has 6 nitrogen and oxygen atoms in total. The second-order valence-corrected chi connectivity index (χ2v) is 4.95. The molecular weight excluding hydrogens is 280 g/mol. The van der Waals surface area contributed by atoms with Crippen LogP contribution in [-0.4, -0.2) is 25.9 Å². The second-order valence-electron chi connectivity index (χ2n) is 4.95. The molecule has 2 N–H and O–H groups in total. The van der Waals surface area contributed by atoms with Crippen molar-refractivity contribution in [3.8, 4) is 0 Å². The van der Waals surface area contributed by atoms with Gasteiger partial charge in [0.05, 0.1) is 28.6 Å². The van der Waals surface area contributed by atoms with Gasteiger partial charge in [-0.1, -0.05) is 0 Å². The fraction of sp³-hybridized carbons (Fsp3) is 0.0625. The first kappa shape index (κ1) is 12.6. The Balaban J connectivity index is 1.51. The average molecular weight is 292 g/mol. The minimum Gasteiger partial charge on any atom is -0.456 e. The van der Waals surface area contributed by atoms with Crippen molar-refractivity contribution in [2.75, 3.05) is 0 Å². The molecule has 4 aromatic rings. The van der Waals surface area contributed by atoms with E-state index in [1.165, 1.54) is 0 Å². The molecule has 0 fully saturated rings. The molecule has 3 aromatic heterocycles. The van der Waals surface area contributed by atoms with Crippen molar-refractivity contribution in [3.05, 3.63) is 60.2 Å². The topological polar surface area (TPSA) is 83.7 Å². The lowest BCUT2D eigenvalue weighted by Gasteiger charge is -2.03. The molecule has 0 aliphatic carbocycles. The first-order valence-corrected chi connectivity index (χ1v) is 6.82. The average Bonchev–Trinajstić information content (AvgIpc) is 3.17. The Bertz CT molecular complexity index is 937. The molecule has 0 atom stereocenters. The summed E-state index contributed by atoms with van der Waals surface area (Å²) < 4.78 is 5.34. The van der Waals surface area contributed by atoms with Crippen LogP contribution in [0.25, 0.3) is 22.1 Å². The SMILES string of the molecule is O=C(OCc1cc2cccnc2[nH]1)c1ccc2nc[nH]c2c1. The van der Waals surface area contributed by atoms with Crippen LogP contribution in [0, 0.1) is 0 Å². The van der Waals surface area contributed by atoms with Crippen molar-refractivity contribution < 1.29 is 9.53 Å². The predicted octanol–water partition coefficient (Wildman–Crippen LogP) is 2.80. The number of pyridine rings is 1. The fourth-order valence-electron chi connectivity index (χ4n) is 2.38. The number of ether oxygens (including phenoxy) is 1. The number of carbonyl (C=O) groups excluding carboxylic acids is 1. The molecule has 6 heteroatoms. The van der Waals surface area contributed by atoms with E-state index in [1.807, 2.05) is 18.2 Å². The molecule has 3 heterocycles. The van der Waals surface area contributed by atoms with Crippen LogP contribution < -0.4 is 0 Å². The fourth-order valence-corrected chi connectivity index (χ4v) is 2.38. The van der Waals surface area contributed by atoms with Crippen LogP contribution in [0.2, 0.25) is 0 Å². The van der Waals surface area contributed by atoms with Gasteiger partial charge in [-0.15, -0.1) is 0 Å². The number of aromatic amines is 2. The Hall–Kier alpha value is -3.15. The second kappa shape index (κ2) is 5.00. The Labute approximate surface area is 125 Å². The van der Waals surface area contributed by atoms with Crippen LogP contribution >= 0.6 is 0 Å².